The summed E-state index contributed by atoms with van der Waals surface area (Å²) in [5.41, 5.74) is 2.03. The zero-order valence-corrected chi connectivity index (χ0v) is 16.7. The van der Waals surface area contributed by atoms with E-state index >= 15 is 0 Å². The van der Waals surface area contributed by atoms with E-state index in [9.17, 15) is 18.5 Å². The molecular formula is C20H15ClN2O5S. The Hall–Kier alpha value is -3.23. The Balaban J connectivity index is 1.76. The van der Waals surface area contributed by atoms with E-state index in [1.807, 2.05) is 6.92 Å². The minimum Gasteiger partial charge on any atom is -0.377 e. The lowest BCUT2D eigenvalue weighted by atomic mass is 10.2. The van der Waals surface area contributed by atoms with Gasteiger partial charge in [-0.15, -0.1) is 0 Å². The van der Waals surface area contributed by atoms with Gasteiger partial charge in [0.2, 0.25) is 0 Å². The summed E-state index contributed by atoms with van der Waals surface area (Å²) in [6.07, 6.45) is 1.51. The molecule has 3 rings (SSSR count). The Labute approximate surface area is 172 Å². The average Bonchev–Trinajstić information content (AvgIpc) is 2.69. The summed E-state index contributed by atoms with van der Waals surface area (Å²) in [6.45, 7) is 1.85. The smallest absolute Gasteiger partial charge is 0.339 e. The van der Waals surface area contributed by atoms with Gasteiger partial charge in [-0.25, -0.2) is 0 Å². The summed E-state index contributed by atoms with van der Waals surface area (Å²) in [4.78, 5) is 14.4. The number of non-ortho nitro benzene ring substituents is 1. The quantitative estimate of drug-likeness (QED) is 0.235. The minimum absolute atomic E-state index is 0.000252. The van der Waals surface area contributed by atoms with Gasteiger partial charge in [-0.1, -0.05) is 29.3 Å². The highest BCUT2D eigenvalue weighted by Crippen LogP contribution is 2.28. The van der Waals surface area contributed by atoms with E-state index in [0.29, 0.717) is 11.3 Å². The molecule has 3 aromatic rings. The van der Waals surface area contributed by atoms with Gasteiger partial charge in [0.1, 0.15) is 4.90 Å². The lowest BCUT2D eigenvalue weighted by Gasteiger charge is -2.09. The van der Waals surface area contributed by atoms with Gasteiger partial charge in [-0.05, 0) is 55.0 Å². The third-order valence-electron chi connectivity index (χ3n) is 3.89. The topological polar surface area (TPSA) is 98.9 Å². The van der Waals surface area contributed by atoms with Crippen LogP contribution in [0.1, 0.15) is 11.1 Å². The van der Waals surface area contributed by atoms with E-state index in [2.05, 4.69) is 4.99 Å². The van der Waals surface area contributed by atoms with Gasteiger partial charge < -0.3 is 4.18 Å². The summed E-state index contributed by atoms with van der Waals surface area (Å²) >= 11 is 6.16. The summed E-state index contributed by atoms with van der Waals surface area (Å²) in [5, 5.41) is 10.8. The molecule has 3 aromatic carbocycles. The number of nitro groups is 1. The molecule has 7 nitrogen and oxygen atoms in total. The minimum atomic E-state index is -4.00. The molecule has 0 aliphatic rings. The van der Waals surface area contributed by atoms with E-state index in [1.165, 1.54) is 54.7 Å². The molecule has 0 aliphatic heterocycles. The van der Waals surface area contributed by atoms with E-state index in [4.69, 9.17) is 15.8 Å². The van der Waals surface area contributed by atoms with Crippen molar-refractivity contribution in [1.82, 2.24) is 0 Å². The monoisotopic (exact) mass is 430 g/mol. The van der Waals surface area contributed by atoms with E-state index < -0.39 is 15.0 Å². The molecule has 0 atom stereocenters. The van der Waals surface area contributed by atoms with Crippen LogP contribution >= 0.6 is 11.6 Å². The van der Waals surface area contributed by atoms with Crippen LogP contribution < -0.4 is 4.18 Å². The number of hydrogen-bond donors (Lipinski definition) is 0. The molecule has 0 aromatic heterocycles. The van der Waals surface area contributed by atoms with Crippen LogP contribution in [0, 0.1) is 17.0 Å². The first-order chi connectivity index (χ1) is 13.7. The Morgan fingerprint density at radius 3 is 2.28 bits per heavy atom. The first kappa shape index (κ1) is 20.5. The number of benzene rings is 3. The van der Waals surface area contributed by atoms with E-state index in [-0.39, 0.29) is 21.4 Å². The molecule has 148 valence electrons. The molecule has 0 unspecified atom stereocenters. The van der Waals surface area contributed by atoms with Gasteiger partial charge in [0, 0.05) is 18.3 Å². The van der Waals surface area contributed by atoms with Crippen molar-refractivity contribution in [2.45, 2.75) is 11.8 Å². The predicted molar refractivity (Wildman–Crippen MR) is 111 cm³/mol. The third-order valence-corrected chi connectivity index (χ3v) is 5.43. The average molecular weight is 431 g/mol. The highest BCUT2D eigenvalue weighted by molar-refractivity contribution is 7.87. The number of aliphatic imine (C=N–C) groups is 1. The Morgan fingerprint density at radius 1 is 1.03 bits per heavy atom. The van der Waals surface area contributed by atoms with E-state index in [1.54, 1.807) is 18.2 Å². The van der Waals surface area contributed by atoms with Crippen LogP contribution in [0.25, 0.3) is 0 Å². The molecule has 0 N–H and O–H groups in total. The zero-order chi connectivity index (χ0) is 21.0. The number of halogens is 1. The molecule has 0 saturated carbocycles. The molecule has 9 heteroatoms. The van der Waals surface area contributed by atoms with Crippen molar-refractivity contribution in [3.63, 3.8) is 0 Å². The maximum Gasteiger partial charge on any atom is 0.339 e. The molecule has 0 amide bonds. The Kier molecular flexibility index (Phi) is 5.95. The highest BCUT2D eigenvalue weighted by atomic mass is 35.5. The molecule has 0 saturated heterocycles. The number of aryl methyl sites for hydroxylation is 1. The third kappa shape index (κ3) is 5.18. The van der Waals surface area contributed by atoms with Crippen LogP contribution in [-0.4, -0.2) is 19.6 Å². The van der Waals surface area contributed by atoms with Crippen molar-refractivity contribution in [3.05, 3.63) is 93.0 Å². The normalized spacial score (nSPS) is 11.5. The van der Waals surface area contributed by atoms with Gasteiger partial charge in [-0.3, -0.25) is 15.1 Å². The van der Waals surface area contributed by atoms with Gasteiger partial charge in [-0.2, -0.15) is 8.42 Å². The first-order valence-corrected chi connectivity index (χ1v) is 10.1. The van der Waals surface area contributed by atoms with Crippen molar-refractivity contribution in [1.29, 1.82) is 0 Å². The van der Waals surface area contributed by atoms with Crippen molar-refractivity contribution in [2.24, 2.45) is 4.99 Å². The number of hydrogen-bond acceptors (Lipinski definition) is 6. The standard InChI is InChI=1S/C20H15ClN2O5S/c1-14-2-9-18(10-3-14)29(26,27)28-20-11-4-15(12-19(20)21)13-22-16-5-7-17(8-6-16)23(24)25/h2-13H,1H3. The van der Waals surface area contributed by atoms with Gasteiger partial charge in [0.25, 0.3) is 5.69 Å². The summed E-state index contributed by atoms with van der Waals surface area (Å²) in [6, 6.07) is 16.6. The summed E-state index contributed by atoms with van der Waals surface area (Å²) in [5.74, 6) is -0.000252. The van der Waals surface area contributed by atoms with Crippen LogP contribution in [-0.2, 0) is 10.1 Å². The van der Waals surface area contributed by atoms with Crippen molar-refractivity contribution in [3.8, 4) is 5.75 Å². The molecule has 0 fully saturated rings. The predicted octanol–water partition coefficient (Wildman–Crippen LogP) is 5.07. The molecule has 0 aliphatic carbocycles. The zero-order valence-electron chi connectivity index (χ0n) is 15.2. The van der Waals surface area contributed by atoms with Gasteiger partial charge >= 0.3 is 10.1 Å². The maximum atomic E-state index is 12.4. The first-order valence-electron chi connectivity index (χ1n) is 8.34. The fourth-order valence-corrected chi connectivity index (χ4v) is 3.57. The lowest BCUT2D eigenvalue weighted by molar-refractivity contribution is -0.384. The second kappa shape index (κ2) is 8.42. The second-order valence-corrected chi connectivity index (χ2v) is 8.03. The Morgan fingerprint density at radius 2 is 1.69 bits per heavy atom. The van der Waals surface area contributed by atoms with Crippen molar-refractivity contribution < 1.29 is 17.5 Å². The highest BCUT2D eigenvalue weighted by Gasteiger charge is 2.18. The maximum absolute atomic E-state index is 12.4. The SMILES string of the molecule is Cc1ccc(S(=O)(=O)Oc2ccc(C=Nc3ccc([N+](=O)[O-])cc3)cc2Cl)cc1. The van der Waals surface area contributed by atoms with Crippen LogP contribution in [0.5, 0.6) is 5.75 Å². The van der Waals surface area contributed by atoms with Crippen molar-refractivity contribution >= 4 is 39.3 Å². The van der Waals surface area contributed by atoms with Gasteiger partial charge in [0.05, 0.1) is 15.6 Å². The van der Waals surface area contributed by atoms with Gasteiger partial charge in [0.15, 0.2) is 5.75 Å². The van der Waals surface area contributed by atoms with Crippen LogP contribution in [0.4, 0.5) is 11.4 Å². The number of nitrogens with zero attached hydrogens (tertiary/aromatic N) is 2. The van der Waals surface area contributed by atoms with Crippen LogP contribution in [0.15, 0.2) is 76.6 Å². The molecule has 0 bridgehead atoms. The molecule has 0 heterocycles. The molecule has 29 heavy (non-hydrogen) atoms. The lowest BCUT2D eigenvalue weighted by Crippen LogP contribution is -2.10. The summed E-state index contributed by atoms with van der Waals surface area (Å²) in [7, 11) is -4.00. The molecular weight excluding hydrogens is 416 g/mol. The van der Waals surface area contributed by atoms with Crippen molar-refractivity contribution in [2.75, 3.05) is 0 Å². The fraction of sp³-hybridized carbons (Fsp3) is 0.0500. The van der Waals surface area contributed by atoms with Crippen LogP contribution in [0.2, 0.25) is 5.02 Å². The van der Waals surface area contributed by atoms with Crippen LogP contribution in [0.3, 0.4) is 0 Å². The molecule has 0 spiro atoms. The van der Waals surface area contributed by atoms with E-state index in [0.717, 1.165) is 5.56 Å². The largest absolute Gasteiger partial charge is 0.377 e. The number of nitro benzene ring substituents is 1. The number of rotatable bonds is 6. The summed E-state index contributed by atoms with van der Waals surface area (Å²) < 4.78 is 29.9. The molecule has 0 radical (unpaired) electrons. The Bertz CT molecular complexity index is 1170. The second-order valence-electron chi connectivity index (χ2n) is 6.07. The fourth-order valence-electron chi connectivity index (χ4n) is 2.35.